The van der Waals surface area contributed by atoms with E-state index >= 15 is 0 Å². The smallest absolute Gasteiger partial charge is 0.341 e. The van der Waals surface area contributed by atoms with Crippen LogP contribution in [0.2, 0.25) is 0 Å². The largest absolute Gasteiger partial charge is 0.487 e. The highest BCUT2D eigenvalue weighted by molar-refractivity contribution is 7.91. The van der Waals surface area contributed by atoms with Crippen LogP contribution < -0.4 is 10.1 Å². The Kier molecular flexibility index (Phi) is 4.45. The highest BCUT2D eigenvalue weighted by Crippen LogP contribution is 2.40. The molecule has 0 radical (unpaired) electrons. The summed E-state index contributed by atoms with van der Waals surface area (Å²) in [6, 6.07) is 13.1. The molecule has 0 spiro atoms. The Morgan fingerprint density at radius 3 is 2.40 bits per heavy atom. The molecule has 0 aliphatic carbocycles. The van der Waals surface area contributed by atoms with Gasteiger partial charge in [0.1, 0.15) is 11.4 Å². The molecule has 1 aliphatic rings. The summed E-state index contributed by atoms with van der Waals surface area (Å²) in [5, 5.41) is 3.34. The molecule has 2 aromatic rings. The quantitative estimate of drug-likeness (QED) is 0.870. The van der Waals surface area contributed by atoms with E-state index in [0.717, 1.165) is 11.3 Å². The second kappa shape index (κ2) is 6.29. The van der Waals surface area contributed by atoms with Crippen LogP contribution in [0, 0.1) is 0 Å². The summed E-state index contributed by atoms with van der Waals surface area (Å²) in [6.45, 7) is 3.99. The van der Waals surface area contributed by atoms with Gasteiger partial charge in [-0.3, -0.25) is 0 Å². The van der Waals surface area contributed by atoms with Crippen molar-refractivity contribution < 1.29 is 21.9 Å². The molecular weight excluding hydrogens is 348 g/mol. The number of hydrogen-bond donors (Lipinski definition) is 1. The van der Waals surface area contributed by atoms with Crippen LogP contribution in [0.15, 0.2) is 53.4 Å². The lowest BCUT2D eigenvalue weighted by molar-refractivity contribution is 0.0759. The maximum Gasteiger partial charge on any atom is 0.341 e. The van der Waals surface area contributed by atoms with E-state index in [4.69, 9.17) is 4.74 Å². The molecule has 7 heteroatoms. The molecule has 0 amide bonds. The number of alkyl halides is 2. The fraction of sp³-hybridized carbons (Fsp3) is 0.333. The number of ether oxygens (including phenoxy) is 1. The topological polar surface area (TPSA) is 55.4 Å². The summed E-state index contributed by atoms with van der Waals surface area (Å²) in [5.74, 6) is -2.62. The number of anilines is 1. The van der Waals surface area contributed by atoms with Crippen molar-refractivity contribution in [2.75, 3.05) is 5.32 Å². The molecule has 25 heavy (non-hydrogen) atoms. The van der Waals surface area contributed by atoms with Gasteiger partial charge in [-0.05, 0) is 44.2 Å². The Morgan fingerprint density at radius 1 is 1.12 bits per heavy atom. The molecule has 0 fully saturated rings. The average Bonchev–Trinajstić information content (AvgIpc) is 2.54. The Morgan fingerprint density at radius 2 is 1.76 bits per heavy atom. The van der Waals surface area contributed by atoms with Crippen LogP contribution in [-0.2, 0) is 9.84 Å². The van der Waals surface area contributed by atoms with Crippen molar-refractivity contribution in [1.29, 1.82) is 0 Å². The van der Waals surface area contributed by atoms with Gasteiger partial charge in [0.25, 0.3) is 0 Å². The minimum Gasteiger partial charge on any atom is -0.487 e. The van der Waals surface area contributed by atoms with Gasteiger partial charge in [-0.25, -0.2) is 8.42 Å². The van der Waals surface area contributed by atoms with Gasteiger partial charge >= 0.3 is 5.76 Å². The highest BCUT2D eigenvalue weighted by atomic mass is 32.2. The van der Waals surface area contributed by atoms with E-state index in [0.29, 0.717) is 12.1 Å². The van der Waals surface area contributed by atoms with E-state index in [1.807, 2.05) is 38.1 Å². The van der Waals surface area contributed by atoms with Crippen LogP contribution in [0.3, 0.4) is 0 Å². The maximum absolute atomic E-state index is 12.6. The van der Waals surface area contributed by atoms with Crippen LogP contribution >= 0.6 is 0 Å². The van der Waals surface area contributed by atoms with E-state index in [2.05, 4.69) is 5.32 Å². The molecular formula is C18H19F2NO3S. The lowest BCUT2D eigenvalue weighted by Gasteiger charge is -2.38. The number of fused-ring (bicyclic) bond motifs is 1. The first-order valence-electron chi connectivity index (χ1n) is 7.86. The third kappa shape index (κ3) is 3.61. The summed E-state index contributed by atoms with van der Waals surface area (Å²) < 4.78 is 54.2. The van der Waals surface area contributed by atoms with Crippen LogP contribution in [0.1, 0.15) is 31.9 Å². The highest BCUT2D eigenvalue weighted by Gasteiger charge is 2.33. The second-order valence-corrected chi connectivity index (χ2v) is 8.55. The lowest BCUT2D eigenvalue weighted by atomic mass is 9.89. The van der Waals surface area contributed by atoms with E-state index in [-0.39, 0.29) is 16.5 Å². The van der Waals surface area contributed by atoms with Gasteiger partial charge in [0.05, 0.1) is 10.9 Å². The average molecular weight is 367 g/mol. The molecule has 1 N–H and O–H groups in total. The van der Waals surface area contributed by atoms with E-state index in [9.17, 15) is 17.2 Å². The normalized spacial score (nSPS) is 19.2. The first-order valence-corrected chi connectivity index (χ1v) is 9.40. The van der Waals surface area contributed by atoms with E-state index in [1.54, 1.807) is 0 Å². The van der Waals surface area contributed by atoms with Gasteiger partial charge in [0, 0.05) is 17.7 Å². The minimum absolute atomic E-state index is 0.0301. The molecule has 1 aliphatic heterocycles. The molecule has 0 saturated heterocycles. The summed E-state index contributed by atoms with van der Waals surface area (Å²) in [4.78, 5) is -0.388. The summed E-state index contributed by atoms with van der Waals surface area (Å²) in [5.41, 5.74) is 1.31. The number of nitrogens with one attached hydrogen (secondary N) is 1. The van der Waals surface area contributed by atoms with Crippen molar-refractivity contribution in [3.8, 4) is 5.75 Å². The van der Waals surface area contributed by atoms with Gasteiger partial charge in [0.15, 0.2) is 0 Å². The van der Waals surface area contributed by atoms with Gasteiger partial charge in [0.2, 0.25) is 9.84 Å². The zero-order valence-electron chi connectivity index (χ0n) is 13.9. The fourth-order valence-electron chi connectivity index (χ4n) is 2.98. The fourth-order valence-corrected chi connectivity index (χ4v) is 3.70. The minimum atomic E-state index is -4.58. The Balaban J connectivity index is 1.86. The first-order chi connectivity index (χ1) is 11.7. The van der Waals surface area contributed by atoms with Crippen molar-refractivity contribution in [2.45, 2.75) is 42.6 Å². The van der Waals surface area contributed by atoms with Gasteiger partial charge in [-0.1, -0.05) is 18.2 Å². The van der Waals surface area contributed by atoms with Gasteiger partial charge in [-0.15, -0.1) is 0 Å². The van der Waals surface area contributed by atoms with Crippen molar-refractivity contribution in [3.63, 3.8) is 0 Å². The van der Waals surface area contributed by atoms with Crippen LogP contribution in [0.25, 0.3) is 0 Å². The number of para-hydroxylation sites is 1. The predicted molar refractivity (Wildman–Crippen MR) is 91.8 cm³/mol. The third-order valence-corrected chi connectivity index (χ3v) is 5.53. The monoisotopic (exact) mass is 367 g/mol. The van der Waals surface area contributed by atoms with Crippen LogP contribution in [0.4, 0.5) is 14.5 Å². The lowest BCUT2D eigenvalue weighted by Crippen LogP contribution is -2.37. The Bertz CT molecular complexity index is 864. The summed E-state index contributed by atoms with van der Waals surface area (Å²) >= 11 is 0. The van der Waals surface area contributed by atoms with Crippen molar-refractivity contribution >= 4 is 15.5 Å². The number of benzene rings is 2. The Labute approximate surface area is 145 Å². The molecule has 1 atom stereocenters. The second-order valence-electron chi connectivity index (χ2n) is 6.63. The molecule has 0 saturated carbocycles. The molecule has 2 aromatic carbocycles. The predicted octanol–water partition coefficient (Wildman–Crippen LogP) is 4.40. The molecule has 1 heterocycles. The Hall–Kier alpha value is -2.15. The van der Waals surface area contributed by atoms with Crippen molar-refractivity contribution in [3.05, 3.63) is 54.1 Å². The summed E-state index contributed by atoms with van der Waals surface area (Å²) in [6.07, 6.45) is 0.709. The zero-order valence-corrected chi connectivity index (χ0v) is 14.7. The number of halogens is 2. The number of hydrogen-bond acceptors (Lipinski definition) is 4. The molecule has 134 valence electrons. The molecule has 0 aromatic heterocycles. The SMILES string of the molecule is CC1(C)CC(Nc2ccc(S(=O)(=O)C(F)F)cc2)c2ccccc2O1. The number of rotatable bonds is 4. The van der Waals surface area contributed by atoms with Gasteiger partial charge in [-0.2, -0.15) is 8.78 Å². The number of sulfone groups is 1. The van der Waals surface area contributed by atoms with Crippen LogP contribution in [0.5, 0.6) is 5.75 Å². The van der Waals surface area contributed by atoms with Crippen molar-refractivity contribution in [1.82, 2.24) is 0 Å². The first kappa shape index (κ1) is 17.7. The van der Waals surface area contributed by atoms with E-state index < -0.39 is 15.6 Å². The standard InChI is InChI=1S/C18H19F2NO3S/c1-18(2)11-15(14-5-3-4-6-16(14)24-18)21-12-7-9-13(10-8-12)25(22,23)17(19)20/h3-10,15,17,21H,11H2,1-2H3. The van der Waals surface area contributed by atoms with Crippen LogP contribution in [-0.4, -0.2) is 19.8 Å². The maximum atomic E-state index is 12.6. The molecule has 4 nitrogen and oxygen atoms in total. The van der Waals surface area contributed by atoms with E-state index in [1.165, 1.54) is 24.3 Å². The summed E-state index contributed by atoms with van der Waals surface area (Å²) in [7, 11) is -4.58. The molecule has 1 unspecified atom stereocenters. The van der Waals surface area contributed by atoms with Crippen molar-refractivity contribution in [2.24, 2.45) is 0 Å². The third-order valence-electron chi connectivity index (χ3n) is 4.13. The zero-order chi connectivity index (χ0) is 18.2. The van der Waals surface area contributed by atoms with Gasteiger partial charge < -0.3 is 10.1 Å². The molecule has 3 rings (SSSR count). The molecule has 0 bridgehead atoms.